The molecule has 11 heteroatoms. The van der Waals surface area contributed by atoms with E-state index in [1.54, 1.807) is 18.1 Å². The molecular weight excluding hydrogens is 603 g/mol. The van der Waals surface area contributed by atoms with E-state index in [9.17, 15) is 24.2 Å². The van der Waals surface area contributed by atoms with Crippen LogP contribution in [-0.4, -0.2) is 97.2 Å². The first-order chi connectivity index (χ1) is 22.3. The number of aliphatic hydroxyl groups excluding tert-OH is 2. The first-order valence-corrected chi connectivity index (χ1v) is 16.7. The van der Waals surface area contributed by atoms with Crippen molar-refractivity contribution in [3.8, 4) is 16.9 Å². The highest BCUT2D eigenvalue weighted by molar-refractivity contribution is 5.96. The van der Waals surface area contributed by atoms with Crippen LogP contribution in [0, 0.1) is 34.9 Å². The van der Waals surface area contributed by atoms with Crippen LogP contribution >= 0.6 is 0 Å². The van der Waals surface area contributed by atoms with Crippen molar-refractivity contribution >= 4 is 11.8 Å². The molecule has 6 rings (SSSR count). The molecule has 2 amide bonds. The summed E-state index contributed by atoms with van der Waals surface area (Å²) in [7, 11) is 5.31. The number of methoxy groups -OCH3 is 1. The topological polar surface area (TPSA) is 124 Å². The summed E-state index contributed by atoms with van der Waals surface area (Å²) in [5, 5.41) is 28.6. The number of carbonyl (C=O) groups excluding carboxylic acids is 2. The second-order valence-electron chi connectivity index (χ2n) is 14.5. The Hall–Kier alpha value is -3.09. The molecule has 2 aromatic carbocycles. The summed E-state index contributed by atoms with van der Waals surface area (Å²) >= 11 is 0. The van der Waals surface area contributed by atoms with Crippen molar-refractivity contribution in [3.05, 3.63) is 53.3 Å². The van der Waals surface area contributed by atoms with Gasteiger partial charge < -0.3 is 30.5 Å². The number of ether oxygens (including phenoxy) is 1. The summed E-state index contributed by atoms with van der Waals surface area (Å²) in [6.07, 6.45) is 0.408. The van der Waals surface area contributed by atoms with Gasteiger partial charge >= 0.3 is 0 Å². The Labute approximate surface area is 277 Å². The van der Waals surface area contributed by atoms with E-state index in [0.29, 0.717) is 53.3 Å². The summed E-state index contributed by atoms with van der Waals surface area (Å²) in [4.78, 5) is 35.0. The monoisotopic (exact) mass is 654 g/mol. The number of benzene rings is 2. The molecule has 1 saturated heterocycles. The van der Waals surface area contributed by atoms with Gasteiger partial charge in [-0.25, -0.2) is 4.39 Å². The van der Waals surface area contributed by atoms with Crippen LogP contribution in [0.4, 0.5) is 4.39 Å². The third kappa shape index (κ3) is 6.91. The maximum atomic E-state index is 14.8. The van der Waals surface area contributed by atoms with E-state index < -0.39 is 35.9 Å². The van der Waals surface area contributed by atoms with Crippen molar-refractivity contribution in [2.45, 2.75) is 71.4 Å². The van der Waals surface area contributed by atoms with E-state index >= 15 is 0 Å². The Balaban J connectivity index is 1.40. The lowest BCUT2D eigenvalue weighted by Crippen LogP contribution is -2.62. The zero-order valence-corrected chi connectivity index (χ0v) is 28.6. The number of hydrogen-bond donors (Lipinski definition) is 4. The van der Waals surface area contributed by atoms with E-state index in [1.165, 1.54) is 25.7 Å². The predicted octanol–water partition coefficient (Wildman–Crippen LogP) is 3.45. The van der Waals surface area contributed by atoms with Gasteiger partial charge in [0.25, 0.3) is 5.91 Å². The number of likely N-dealkylation sites (N-methyl/N-ethyl adjacent to an activating group) is 1. The number of para-hydroxylation sites is 1. The van der Waals surface area contributed by atoms with E-state index in [-0.39, 0.29) is 36.1 Å². The van der Waals surface area contributed by atoms with E-state index in [1.807, 2.05) is 37.2 Å². The van der Waals surface area contributed by atoms with Crippen molar-refractivity contribution in [1.82, 2.24) is 20.6 Å². The maximum Gasteiger partial charge on any atom is 0.254 e. The molecule has 4 N–H and O–H groups in total. The van der Waals surface area contributed by atoms with Crippen LogP contribution in [0.25, 0.3) is 11.1 Å². The summed E-state index contributed by atoms with van der Waals surface area (Å²) < 4.78 is 20.7. The SMILES string of the molecule is COc1c(CN2O[C@@H](CO)C([C@H](C)O)[C@H]2C(=O)N[C@H]2C[C@H]3C[C@@H]([C@@H]2C)C3(C)C)cccc1-c1ccc(F)c(C(=O)NCCN(C)C)c1. The van der Waals surface area contributed by atoms with Crippen LogP contribution in [0.15, 0.2) is 36.4 Å². The van der Waals surface area contributed by atoms with Crippen LogP contribution in [-0.2, 0) is 16.2 Å². The number of nitrogens with zero attached hydrogens (tertiary/aromatic N) is 2. The molecule has 4 aliphatic rings. The van der Waals surface area contributed by atoms with E-state index in [4.69, 9.17) is 9.57 Å². The highest BCUT2D eigenvalue weighted by atomic mass is 19.1. The number of carbonyl (C=O) groups is 2. The largest absolute Gasteiger partial charge is 0.496 e. The number of rotatable bonds is 12. The van der Waals surface area contributed by atoms with Crippen LogP contribution in [0.1, 0.15) is 56.5 Å². The van der Waals surface area contributed by atoms with E-state index in [2.05, 4.69) is 31.4 Å². The fraction of sp³-hybridized carbons (Fsp3) is 0.611. The first-order valence-electron chi connectivity index (χ1n) is 16.7. The minimum atomic E-state index is -0.918. The van der Waals surface area contributed by atoms with Gasteiger partial charge in [0, 0.05) is 36.2 Å². The molecule has 0 aromatic heterocycles. The number of aliphatic hydroxyl groups is 2. The molecule has 8 atom stereocenters. The lowest BCUT2D eigenvalue weighted by Gasteiger charge is -2.62. The number of hydrogen-bond acceptors (Lipinski definition) is 8. The maximum absolute atomic E-state index is 14.8. The second kappa shape index (κ2) is 14.2. The highest BCUT2D eigenvalue weighted by Gasteiger charge is 2.57. The van der Waals surface area contributed by atoms with Crippen molar-refractivity contribution in [2.75, 3.05) is 40.9 Å². The summed E-state index contributed by atoms with van der Waals surface area (Å²) in [6.45, 7) is 9.21. The quantitative estimate of drug-likeness (QED) is 0.275. The van der Waals surface area contributed by atoms with Crippen molar-refractivity contribution in [2.24, 2.45) is 29.1 Å². The second-order valence-corrected chi connectivity index (χ2v) is 14.5. The van der Waals surface area contributed by atoms with Gasteiger partial charge in [0.05, 0.1) is 31.9 Å². The summed E-state index contributed by atoms with van der Waals surface area (Å²) in [5.74, 6) is -0.128. The van der Waals surface area contributed by atoms with Gasteiger partial charge in [-0.2, -0.15) is 5.06 Å². The van der Waals surface area contributed by atoms with Crippen LogP contribution < -0.4 is 15.4 Å². The Bertz CT molecular complexity index is 1450. The predicted molar refractivity (Wildman–Crippen MR) is 177 cm³/mol. The molecule has 3 aliphatic carbocycles. The third-order valence-corrected chi connectivity index (χ3v) is 11.1. The molecule has 4 fully saturated rings. The van der Waals surface area contributed by atoms with Gasteiger partial charge in [-0.05, 0) is 74.7 Å². The molecule has 2 bridgehead atoms. The highest BCUT2D eigenvalue weighted by Crippen LogP contribution is 2.61. The van der Waals surface area contributed by atoms with Gasteiger partial charge in [0.15, 0.2) is 0 Å². The Morgan fingerprint density at radius 1 is 1.21 bits per heavy atom. The lowest BCUT2D eigenvalue weighted by atomic mass is 9.45. The zero-order valence-electron chi connectivity index (χ0n) is 28.6. The molecule has 0 spiro atoms. The van der Waals surface area contributed by atoms with Crippen LogP contribution in [0.5, 0.6) is 5.75 Å². The minimum absolute atomic E-state index is 0.0227. The lowest BCUT2D eigenvalue weighted by molar-refractivity contribution is -0.183. The van der Waals surface area contributed by atoms with Gasteiger partial charge in [0.2, 0.25) is 5.91 Å². The minimum Gasteiger partial charge on any atom is -0.496 e. The molecular formula is C36H51FN4O6. The average molecular weight is 655 g/mol. The number of nitrogens with one attached hydrogen (secondary N) is 2. The molecule has 2 aromatic rings. The van der Waals surface area contributed by atoms with Crippen LogP contribution in [0.2, 0.25) is 0 Å². The standard InChI is InChI=1S/C36H51FN4O6/c1-20-27-16-24(36(27,3)4)17-29(20)39-35(45)32-31(21(2)43)30(19-42)47-41(32)18-23-9-8-10-25(33(23)46-7)22-11-12-28(37)26(15-22)34(44)38-13-14-40(5)6/h8-12,15,20-21,24,27,29-32,42-43H,13-14,16-19H2,1-7H3,(H,38,44)(H,39,45)/t20-,21-,24+,27-,29-,30-,31?,32-/m0/s1. The van der Waals surface area contributed by atoms with Crippen molar-refractivity contribution in [1.29, 1.82) is 0 Å². The molecule has 10 nitrogen and oxygen atoms in total. The molecule has 1 unspecified atom stereocenters. The van der Waals surface area contributed by atoms with Gasteiger partial charge in [-0.1, -0.05) is 45.0 Å². The number of fused-ring (bicyclic) bond motifs is 2. The van der Waals surface area contributed by atoms with Gasteiger partial charge in [-0.15, -0.1) is 0 Å². The number of hydroxylamine groups is 2. The van der Waals surface area contributed by atoms with Crippen LogP contribution in [0.3, 0.4) is 0 Å². The van der Waals surface area contributed by atoms with Gasteiger partial charge in [-0.3, -0.25) is 14.4 Å². The fourth-order valence-electron chi connectivity index (χ4n) is 8.18. The third-order valence-electron chi connectivity index (χ3n) is 11.1. The van der Waals surface area contributed by atoms with E-state index in [0.717, 1.165) is 6.42 Å². The fourth-order valence-corrected chi connectivity index (χ4v) is 8.18. The number of halogens is 1. The normalized spacial score (nSPS) is 28.9. The molecule has 47 heavy (non-hydrogen) atoms. The van der Waals surface area contributed by atoms with Crippen molar-refractivity contribution < 1.29 is 33.8 Å². The Morgan fingerprint density at radius 3 is 2.57 bits per heavy atom. The molecule has 258 valence electrons. The van der Waals surface area contributed by atoms with Gasteiger partial charge in [0.1, 0.15) is 23.7 Å². The molecule has 1 aliphatic heterocycles. The smallest absolute Gasteiger partial charge is 0.254 e. The zero-order chi connectivity index (χ0) is 34.2. The van der Waals surface area contributed by atoms with Crippen molar-refractivity contribution in [3.63, 3.8) is 0 Å². The summed E-state index contributed by atoms with van der Waals surface area (Å²) in [6, 6.07) is 9.03. The molecule has 1 heterocycles. The summed E-state index contributed by atoms with van der Waals surface area (Å²) in [5.41, 5.74) is 2.10. The molecule has 0 radical (unpaired) electrons. The Morgan fingerprint density at radius 2 is 1.96 bits per heavy atom. The number of amides is 2. The first kappa shape index (κ1) is 35.2. The molecule has 3 saturated carbocycles. The Kier molecular flexibility index (Phi) is 10.6. The average Bonchev–Trinajstić information content (AvgIpc) is 3.40.